The van der Waals surface area contributed by atoms with E-state index in [-0.39, 0.29) is 0 Å². The highest BCUT2D eigenvalue weighted by atomic mass is 127. The van der Waals surface area contributed by atoms with Gasteiger partial charge in [-0.15, -0.1) is 0 Å². The Balaban J connectivity index is 2.32. The summed E-state index contributed by atoms with van der Waals surface area (Å²) in [4.78, 5) is 12.1. The fourth-order valence-electron chi connectivity index (χ4n) is 1.59. The van der Waals surface area contributed by atoms with Gasteiger partial charge < -0.3 is 4.74 Å². The topological polar surface area (TPSA) is 26.3 Å². The maximum absolute atomic E-state index is 12.1. The third kappa shape index (κ3) is 3.49. The van der Waals surface area contributed by atoms with Crippen molar-refractivity contribution in [2.45, 2.75) is 6.92 Å². The Hall–Kier alpha value is -0.590. The Morgan fingerprint density at radius 2 is 2.00 bits per heavy atom. The number of hydrogen-bond donors (Lipinski definition) is 0. The minimum absolute atomic E-state index is 0.398. The molecule has 2 aromatic carbocycles. The lowest BCUT2D eigenvalue weighted by Crippen LogP contribution is -2.11. The molecule has 0 bridgehead atoms. The summed E-state index contributed by atoms with van der Waals surface area (Å²) in [7, 11) is 0. The minimum atomic E-state index is -0.405. The molecule has 2 nitrogen and oxygen atoms in total. The Morgan fingerprint density at radius 1 is 1.32 bits per heavy atom. The second-order valence-electron chi connectivity index (χ2n) is 3.90. The second-order valence-corrected chi connectivity index (χ2v) is 6.39. The molecule has 0 unspecified atom stereocenters. The van der Waals surface area contributed by atoms with Crippen molar-refractivity contribution in [2.75, 3.05) is 0 Å². The van der Waals surface area contributed by atoms with Gasteiger partial charge in [0.05, 0.1) is 10.6 Å². The van der Waals surface area contributed by atoms with E-state index in [9.17, 15) is 4.79 Å². The fraction of sp³-hybridized carbons (Fsp3) is 0.0714. The first-order valence-corrected chi connectivity index (χ1v) is 7.66. The molecular weight excluding hydrogens is 442 g/mol. The van der Waals surface area contributed by atoms with Crippen molar-refractivity contribution in [1.82, 2.24) is 0 Å². The molecule has 0 saturated carbocycles. The third-order valence-electron chi connectivity index (χ3n) is 2.48. The van der Waals surface area contributed by atoms with E-state index in [1.807, 2.05) is 25.1 Å². The molecule has 0 aliphatic rings. The molecule has 0 aliphatic carbocycles. The van der Waals surface area contributed by atoms with Gasteiger partial charge in [-0.3, -0.25) is 0 Å². The van der Waals surface area contributed by atoms with E-state index in [4.69, 9.17) is 16.3 Å². The SMILES string of the molecule is Cc1cc(Br)cc(Cl)c1OC(=O)c1ccccc1I. The van der Waals surface area contributed by atoms with E-state index in [0.29, 0.717) is 16.3 Å². The number of aryl methyl sites for hydroxylation is 1. The van der Waals surface area contributed by atoms with E-state index in [1.54, 1.807) is 18.2 Å². The molecule has 0 N–H and O–H groups in total. The van der Waals surface area contributed by atoms with Crippen LogP contribution in [0.4, 0.5) is 0 Å². The molecule has 2 rings (SSSR count). The summed E-state index contributed by atoms with van der Waals surface area (Å²) in [5, 5.41) is 0.408. The number of benzene rings is 2. The van der Waals surface area contributed by atoms with Crippen molar-refractivity contribution >= 4 is 56.1 Å². The first-order chi connectivity index (χ1) is 8.99. The van der Waals surface area contributed by atoms with E-state index in [1.165, 1.54) is 0 Å². The van der Waals surface area contributed by atoms with Gasteiger partial charge in [-0.05, 0) is 59.3 Å². The van der Waals surface area contributed by atoms with Gasteiger partial charge >= 0.3 is 5.97 Å². The van der Waals surface area contributed by atoms with Gasteiger partial charge in [0.1, 0.15) is 0 Å². The largest absolute Gasteiger partial charge is 0.421 e. The predicted octanol–water partition coefficient (Wildman–Crippen LogP) is 5.23. The summed E-state index contributed by atoms with van der Waals surface area (Å²) in [5.74, 6) is -0.00755. The van der Waals surface area contributed by atoms with Crippen molar-refractivity contribution in [3.8, 4) is 5.75 Å². The molecule has 0 aromatic heterocycles. The fourth-order valence-corrected chi connectivity index (χ4v) is 3.21. The molecule has 0 amide bonds. The van der Waals surface area contributed by atoms with Crippen LogP contribution >= 0.6 is 50.1 Å². The summed E-state index contributed by atoms with van der Waals surface area (Å²) < 4.78 is 7.10. The number of halogens is 3. The summed E-state index contributed by atoms with van der Waals surface area (Å²) in [5.41, 5.74) is 1.33. The van der Waals surface area contributed by atoms with Crippen molar-refractivity contribution in [3.05, 3.63) is 60.6 Å². The van der Waals surface area contributed by atoms with Crippen LogP contribution in [-0.4, -0.2) is 5.97 Å². The average Bonchev–Trinajstić information content (AvgIpc) is 2.34. The van der Waals surface area contributed by atoms with E-state index < -0.39 is 5.97 Å². The zero-order valence-electron chi connectivity index (χ0n) is 9.91. The summed E-state index contributed by atoms with van der Waals surface area (Å²) in [6.45, 7) is 1.84. The zero-order chi connectivity index (χ0) is 14.0. The molecule has 0 spiro atoms. The lowest BCUT2D eigenvalue weighted by atomic mass is 10.2. The minimum Gasteiger partial charge on any atom is -0.421 e. The van der Waals surface area contributed by atoms with Crippen LogP contribution in [0.3, 0.4) is 0 Å². The number of hydrogen-bond acceptors (Lipinski definition) is 2. The lowest BCUT2D eigenvalue weighted by Gasteiger charge is -2.10. The maximum atomic E-state index is 12.1. The smallest absolute Gasteiger partial charge is 0.344 e. The number of carbonyl (C=O) groups is 1. The van der Waals surface area contributed by atoms with Crippen LogP contribution in [0.25, 0.3) is 0 Å². The highest BCUT2D eigenvalue weighted by Crippen LogP contribution is 2.32. The molecule has 0 aliphatic heterocycles. The number of rotatable bonds is 2. The lowest BCUT2D eigenvalue weighted by molar-refractivity contribution is 0.0732. The van der Waals surface area contributed by atoms with Crippen molar-refractivity contribution < 1.29 is 9.53 Å². The first kappa shape index (κ1) is 14.8. The summed E-state index contributed by atoms with van der Waals surface area (Å²) in [6.07, 6.45) is 0. The van der Waals surface area contributed by atoms with Gasteiger partial charge in [0.25, 0.3) is 0 Å². The number of esters is 1. The quantitative estimate of drug-likeness (QED) is 0.355. The van der Waals surface area contributed by atoms with Gasteiger partial charge in [0.2, 0.25) is 0 Å². The molecule has 0 atom stereocenters. The zero-order valence-corrected chi connectivity index (χ0v) is 14.4. The number of carbonyl (C=O) groups excluding carboxylic acids is 1. The number of ether oxygens (including phenoxy) is 1. The van der Waals surface area contributed by atoms with E-state index >= 15 is 0 Å². The molecule has 0 fully saturated rings. The molecule has 5 heteroatoms. The van der Waals surface area contributed by atoms with Crippen LogP contribution in [-0.2, 0) is 0 Å². The normalized spacial score (nSPS) is 10.3. The van der Waals surface area contributed by atoms with Crippen molar-refractivity contribution in [1.29, 1.82) is 0 Å². The van der Waals surface area contributed by atoms with Crippen LogP contribution in [0, 0.1) is 10.5 Å². The van der Waals surface area contributed by atoms with Gasteiger partial charge in [0.15, 0.2) is 5.75 Å². The van der Waals surface area contributed by atoms with E-state index in [2.05, 4.69) is 38.5 Å². The van der Waals surface area contributed by atoms with Gasteiger partial charge in [0, 0.05) is 8.04 Å². The van der Waals surface area contributed by atoms with E-state index in [0.717, 1.165) is 13.6 Å². The maximum Gasteiger partial charge on any atom is 0.344 e. The third-order valence-corrected chi connectivity index (χ3v) is 4.16. The summed E-state index contributed by atoms with van der Waals surface area (Å²) >= 11 is 11.5. The van der Waals surface area contributed by atoms with Gasteiger partial charge in [-0.25, -0.2) is 4.79 Å². The molecule has 98 valence electrons. The van der Waals surface area contributed by atoms with Crippen LogP contribution in [0.15, 0.2) is 40.9 Å². The van der Waals surface area contributed by atoms with Gasteiger partial charge in [-0.2, -0.15) is 0 Å². The first-order valence-electron chi connectivity index (χ1n) is 5.41. The molecule has 0 saturated heterocycles. The summed E-state index contributed by atoms with van der Waals surface area (Å²) in [6, 6.07) is 10.8. The standard InChI is InChI=1S/C14H9BrClIO2/c1-8-6-9(15)7-11(16)13(8)19-14(18)10-4-2-3-5-12(10)17/h2-7H,1H3. The van der Waals surface area contributed by atoms with Crippen LogP contribution in [0.2, 0.25) is 5.02 Å². The molecular formula is C14H9BrClIO2. The monoisotopic (exact) mass is 450 g/mol. The molecule has 19 heavy (non-hydrogen) atoms. The highest BCUT2D eigenvalue weighted by Gasteiger charge is 2.15. The molecule has 0 heterocycles. The van der Waals surface area contributed by atoms with Crippen molar-refractivity contribution in [2.24, 2.45) is 0 Å². The Labute approximate surface area is 138 Å². The molecule has 2 aromatic rings. The second kappa shape index (κ2) is 6.24. The Kier molecular flexibility index (Phi) is 4.86. The Bertz CT molecular complexity index is 620. The molecule has 0 radical (unpaired) electrons. The van der Waals surface area contributed by atoms with Gasteiger partial charge in [-0.1, -0.05) is 39.7 Å². The predicted molar refractivity (Wildman–Crippen MR) is 88.0 cm³/mol. The van der Waals surface area contributed by atoms with Crippen molar-refractivity contribution in [3.63, 3.8) is 0 Å². The Morgan fingerprint density at radius 3 is 2.63 bits per heavy atom. The van der Waals surface area contributed by atoms with Crippen LogP contribution < -0.4 is 4.74 Å². The highest BCUT2D eigenvalue weighted by molar-refractivity contribution is 14.1. The van der Waals surface area contributed by atoms with Crippen LogP contribution in [0.1, 0.15) is 15.9 Å². The van der Waals surface area contributed by atoms with Crippen LogP contribution in [0.5, 0.6) is 5.75 Å². The average molecular weight is 451 g/mol.